The van der Waals surface area contributed by atoms with Gasteiger partial charge in [-0.15, -0.1) is 0 Å². The predicted octanol–water partition coefficient (Wildman–Crippen LogP) is 12.4. The van der Waals surface area contributed by atoms with E-state index < -0.39 is 0 Å². The lowest BCUT2D eigenvalue weighted by Crippen LogP contribution is -2.10. The molecule has 1 aromatic heterocycles. The number of aliphatic hydroxyl groups is 1. The van der Waals surface area contributed by atoms with Crippen LogP contribution in [-0.4, -0.2) is 16.8 Å². The fourth-order valence-corrected chi connectivity index (χ4v) is 7.46. The van der Waals surface area contributed by atoms with Crippen molar-refractivity contribution >= 4 is 66.7 Å². The molecule has 0 unspecified atom stereocenters. The summed E-state index contributed by atoms with van der Waals surface area (Å²) in [4.78, 5) is 4.53. The van der Waals surface area contributed by atoms with Gasteiger partial charge in [0.05, 0.1) is 24.8 Å². The van der Waals surface area contributed by atoms with Gasteiger partial charge in [-0.1, -0.05) is 84.9 Å². The molecule has 8 aromatic carbocycles. The van der Waals surface area contributed by atoms with Crippen molar-refractivity contribution in [2.24, 2.45) is 0 Å². The smallest absolute Gasteiger partial charge is 0.120 e. The van der Waals surface area contributed by atoms with Crippen molar-refractivity contribution in [1.82, 2.24) is 4.57 Å². The van der Waals surface area contributed by atoms with Crippen molar-refractivity contribution in [3.05, 3.63) is 194 Å². The SMILES string of the molecule is COc1cccc(N(c2ccccc2)c2ccc3cc4c5ccc(N(c6ccccc6)c6cccc(CO)c6)cc5n(-c5ccccc5)c4cc3c2)c1. The summed E-state index contributed by atoms with van der Waals surface area (Å²) < 4.78 is 8.00. The molecule has 1 N–H and O–H groups in total. The van der Waals surface area contributed by atoms with E-state index in [1.807, 2.05) is 36.4 Å². The molecule has 0 bridgehead atoms. The van der Waals surface area contributed by atoms with Crippen LogP contribution in [0, 0.1) is 0 Å². The summed E-state index contributed by atoms with van der Waals surface area (Å²) in [5.74, 6) is 0.810. The largest absolute Gasteiger partial charge is 0.497 e. The quantitative estimate of drug-likeness (QED) is 0.164. The molecule has 0 aliphatic rings. The Balaban J connectivity index is 1.26. The lowest BCUT2D eigenvalue weighted by molar-refractivity contribution is 0.282. The van der Waals surface area contributed by atoms with E-state index in [9.17, 15) is 5.11 Å². The summed E-state index contributed by atoms with van der Waals surface area (Å²) in [6.45, 7) is -0.0182. The number of benzene rings is 8. The summed E-state index contributed by atoms with van der Waals surface area (Å²) in [7, 11) is 1.70. The summed E-state index contributed by atoms with van der Waals surface area (Å²) in [5, 5.41) is 14.7. The summed E-state index contributed by atoms with van der Waals surface area (Å²) in [5.41, 5.74) is 10.4. The maximum absolute atomic E-state index is 10.0. The molecule has 256 valence electrons. The molecule has 9 rings (SSSR count). The summed E-state index contributed by atoms with van der Waals surface area (Å²) in [6.07, 6.45) is 0. The average molecular weight is 688 g/mol. The fourth-order valence-electron chi connectivity index (χ4n) is 7.46. The molecule has 0 saturated carbocycles. The van der Waals surface area contributed by atoms with Crippen molar-refractivity contribution in [2.75, 3.05) is 16.9 Å². The number of aromatic nitrogens is 1. The van der Waals surface area contributed by atoms with E-state index in [-0.39, 0.29) is 6.61 Å². The highest BCUT2D eigenvalue weighted by Gasteiger charge is 2.19. The van der Waals surface area contributed by atoms with Crippen LogP contribution in [0.3, 0.4) is 0 Å². The molecule has 1 heterocycles. The number of rotatable bonds is 9. The minimum Gasteiger partial charge on any atom is -0.497 e. The highest BCUT2D eigenvalue weighted by molar-refractivity contribution is 6.14. The first kappa shape index (κ1) is 32.1. The molecule has 5 nitrogen and oxygen atoms in total. The molecular formula is C48H37N3O2. The number of hydrogen-bond acceptors (Lipinski definition) is 4. The van der Waals surface area contributed by atoms with Gasteiger partial charge in [0.2, 0.25) is 0 Å². The molecule has 0 saturated heterocycles. The van der Waals surface area contributed by atoms with Crippen LogP contribution < -0.4 is 14.5 Å². The van der Waals surface area contributed by atoms with Crippen LogP contribution in [0.15, 0.2) is 188 Å². The van der Waals surface area contributed by atoms with Gasteiger partial charge in [-0.05, 0) is 113 Å². The van der Waals surface area contributed by atoms with Gasteiger partial charge >= 0.3 is 0 Å². The van der Waals surface area contributed by atoms with Gasteiger partial charge in [0.25, 0.3) is 0 Å². The van der Waals surface area contributed by atoms with Gasteiger partial charge in [0.15, 0.2) is 0 Å². The van der Waals surface area contributed by atoms with Crippen LogP contribution >= 0.6 is 0 Å². The normalized spacial score (nSPS) is 11.3. The van der Waals surface area contributed by atoms with E-state index in [4.69, 9.17) is 4.74 Å². The van der Waals surface area contributed by atoms with Crippen molar-refractivity contribution < 1.29 is 9.84 Å². The molecule has 0 aliphatic carbocycles. The lowest BCUT2D eigenvalue weighted by Gasteiger charge is -2.26. The fraction of sp³-hybridized carbons (Fsp3) is 0.0417. The van der Waals surface area contributed by atoms with E-state index in [0.717, 1.165) is 67.5 Å². The van der Waals surface area contributed by atoms with Crippen molar-refractivity contribution in [2.45, 2.75) is 6.61 Å². The Morgan fingerprint density at radius 1 is 0.453 bits per heavy atom. The predicted molar refractivity (Wildman–Crippen MR) is 220 cm³/mol. The monoisotopic (exact) mass is 687 g/mol. The Labute approximate surface area is 308 Å². The van der Waals surface area contributed by atoms with E-state index in [0.29, 0.717) is 0 Å². The molecule has 0 spiro atoms. The third kappa shape index (κ3) is 5.93. The Hall–Kier alpha value is -6.82. The van der Waals surface area contributed by atoms with Crippen molar-refractivity contribution in [3.63, 3.8) is 0 Å². The minimum atomic E-state index is -0.0182. The van der Waals surface area contributed by atoms with E-state index >= 15 is 0 Å². The first-order valence-corrected chi connectivity index (χ1v) is 17.8. The molecule has 0 fully saturated rings. The Morgan fingerprint density at radius 2 is 1.02 bits per heavy atom. The molecule has 0 atom stereocenters. The van der Waals surface area contributed by atoms with Crippen LogP contribution in [0.4, 0.5) is 34.1 Å². The van der Waals surface area contributed by atoms with Crippen molar-refractivity contribution in [3.8, 4) is 11.4 Å². The van der Waals surface area contributed by atoms with Gasteiger partial charge in [0.1, 0.15) is 5.75 Å². The number of fused-ring (bicyclic) bond motifs is 4. The van der Waals surface area contributed by atoms with Gasteiger partial charge in [-0.2, -0.15) is 0 Å². The molecule has 0 aliphatic heterocycles. The first-order valence-electron chi connectivity index (χ1n) is 17.8. The minimum absolute atomic E-state index is 0.0182. The Morgan fingerprint density at radius 3 is 1.70 bits per heavy atom. The second-order valence-electron chi connectivity index (χ2n) is 13.1. The number of hydrogen-bond donors (Lipinski definition) is 1. The van der Waals surface area contributed by atoms with Crippen LogP contribution in [0.25, 0.3) is 38.3 Å². The second-order valence-corrected chi connectivity index (χ2v) is 13.1. The summed E-state index contributed by atoms with van der Waals surface area (Å²) in [6, 6.07) is 65.9. The number of ether oxygens (including phenoxy) is 1. The van der Waals surface area contributed by atoms with E-state index in [2.05, 4.69) is 166 Å². The highest BCUT2D eigenvalue weighted by Crippen LogP contribution is 2.42. The van der Waals surface area contributed by atoms with Crippen LogP contribution in [0.1, 0.15) is 5.56 Å². The molecule has 5 heteroatoms. The topological polar surface area (TPSA) is 40.9 Å². The average Bonchev–Trinajstić information content (AvgIpc) is 3.53. The molecule has 9 aromatic rings. The molecular weight excluding hydrogens is 651 g/mol. The van der Waals surface area contributed by atoms with Crippen LogP contribution in [0.5, 0.6) is 5.75 Å². The maximum Gasteiger partial charge on any atom is 0.120 e. The third-order valence-corrected chi connectivity index (χ3v) is 9.91. The molecule has 0 amide bonds. The Kier molecular flexibility index (Phi) is 8.31. The summed E-state index contributed by atoms with van der Waals surface area (Å²) >= 11 is 0. The van der Waals surface area contributed by atoms with E-state index in [1.165, 1.54) is 16.2 Å². The molecule has 0 radical (unpaired) electrons. The zero-order chi connectivity index (χ0) is 35.7. The van der Waals surface area contributed by atoms with E-state index in [1.54, 1.807) is 7.11 Å². The van der Waals surface area contributed by atoms with Gasteiger partial charge in [-0.3, -0.25) is 0 Å². The lowest BCUT2D eigenvalue weighted by atomic mass is 10.0. The maximum atomic E-state index is 10.0. The van der Waals surface area contributed by atoms with Gasteiger partial charge < -0.3 is 24.2 Å². The van der Waals surface area contributed by atoms with Gasteiger partial charge in [0, 0.05) is 56.7 Å². The zero-order valence-corrected chi connectivity index (χ0v) is 29.3. The third-order valence-electron chi connectivity index (χ3n) is 9.91. The van der Waals surface area contributed by atoms with Crippen molar-refractivity contribution in [1.29, 1.82) is 0 Å². The first-order chi connectivity index (χ1) is 26.2. The highest BCUT2D eigenvalue weighted by atomic mass is 16.5. The Bertz CT molecular complexity index is 2710. The van der Waals surface area contributed by atoms with Gasteiger partial charge in [-0.25, -0.2) is 0 Å². The number of anilines is 6. The second kappa shape index (κ2) is 13.7. The number of aliphatic hydroxyl groups excluding tert-OH is 1. The van der Waals surface area contributed by atoms with Crippen LogP contribution in [-0.2, 0) is 6.61 Å². The number of para-hydroxylation sites is 3. The standard InChI is InChI=1S/C48H37N3O2/c1-53-44-22-12-21-41(31-44)50(38-16-7-3-8-17-38)42-24-23-35-29-46-45-26-25-43(49(37-14-5-2-6-15-37)40-20-11-13-34(27-40)33-52)32-48(45)51(39-18-9-4-10-19-39)47(46)30-36(35)28-42/h2-32,52H,33H2,1H3. The zero-order valence-electron chi connectivity index (χ0n) is 29.3. The number of nitrogens with zero attached hydrogens (tertiary/aromatic N) is 3. The van der Waals surface area contributed by atoms with Crippen LogP contribution in [0.2, 0.25) is 0 Å². The molecule has 53 heavy (non-hydrogen) atoms. The number of methoxy groups -OCH3 is 1.